The maximum atomic E-state index is 14.8. The number of rotatable bonds is 45. The fraction of sp³-hybridized carbons (Fsp3) is 0.696. The Kier molecular flexibility index (Phi) is 38.7. The molecule has 0 fully saturated rings. The van der Waals surface area contributed by atoms with E-state index in [4.69, 9.17) is 5.73 Å². The SMILES string of the molecule is C=CCCCCCCN(C(=O)[C@@H](CO)NC(=O)[C@H](CC(C)C)NC(=O)[C@@H](CO)NC(=O)/C(=C\CCCCCCC)NC(C)=O)/C(=C/C(C)C)C(=O)N[C@H](CC(=O)O)C(=O)N[C@@H](CCCCCCCC)C(=O)N[C@H](CC(=O)O)C(N)=O. The van der Waals surface area contributed by atoms with Gasteiger partial charge in [-0.3, -0.25) is 52.7 Å². The van der Waals surface area contributed by atoms with Gasteiger partial charge in [-0.2, -0.15) is 0 Å². The third-order valence-corrected chi connectivity index (χ3v) is 12.5. The van der Waals surface area contributed by atoms with E-state index in [1.54, 1.807) is 33.8 Å². The molecule has 24 nitrogen and oxygen atoms in total. The summed E-state index contributed by atoms with van der Waals surface area (Å²) in [5.74, 6) is -12.6. The minimum Gasteiger partial charge on any atom is -0.481 e. The molecule has 0 aromatic heterocycles. The van der Waals surface area contributed by atoms with Crippen LogP contribution < -0.4 is 43.0 Å². The van der Waals surface area contributed by atoms with Crippen molar-refractivity contribution in [2.24, 2.45) is 17.6 Å². The van der Waals surface area contributed by atoms with Gasteiger partial charge >= 0.3 is 11.9 Å². The molecule has 0 radical (unpaired) electrons. The average Bonchev–Trinajstić information content (AvgIpc) is 3.38. The van der Waals surface area contributed by atoms with E-state index < -0.39 is 133 Å². The third kappa shape index (κ3) is 31.8. The predicted octanol–water partition coefficient (Wildman–Crippen LogP) is 3.00. The maximum Gasteiger partial charge on any atom is 0.305 e. The number of unbranched alkanes of at least 4 members (excludes halogenated alkanes) is 14. The topological polar surface area (TPSA) is 382 Å². The van der Waals surface area contributed by atoms with Crippen molar-refractivity contribution in [2.45, 2.75) is 220 Å². The highest BCUT2D eigenvalue weighted by atomic mass is 16.4. The van der Waals surface area contributed by atoms with Crippen molar-refractivity contribution in [1.82, 2.24) is 42.1 Å². The lowest BCUT2D eigenvalue weighted by Crippen LogP contribution is -2.59. The highest BCUT2D eigenvalue weighted by Crippen LogP contribution is 2.17. The van der Waals surface area contributed by atoms with E-state index in [2.05, 4.69) is 50.7 Å². The van der Waals surface area contributed by atoms with Crippen LogP contribution in [-0.4, -0.2) is 146 Å². The van der Waals surface area contributed by atoms with Gasteiger partial charge in [0.15, 0.2) is 0 Å². The van der Waals surface area contributed by atoms with Crippen molar-refractivity contribution >= 4 is 65.1 Å². The van der Waals surface area contributed by atoms with Gasteiger partial charge in [-0.25, -0.2) is 0 Å². The molecule has 9 amide bonds. The maximum absolute atomic E-state index is 14.8. The first-order chi connectivity index (χ1) is 37.9. The number of carboxylic acids is 2. The Bertz CT molecular complexity index is 2080. The van der Waals surface area contributed by atoms with Gasteiger partial charge in [-0.05, 0) is 56.8 Å². The molecular formula is C56H95N9O15. The molecular weight excluding hydrogens is 1040 g/mol. The number of aliphatic hydroxyl groups excluding tert-OH is 2. The summed E-state index contributed by atoms with van der Waals surface area (Å²) in [6, 6.07) is -9.81. The lowest BCUT2D eigenvalue weighted by molar-refractivity contribution is -0.142. The number of primary amides is 1. The average molecular weight is 1130 g/mol. The Morgan fingerprint density at radius 3 is 1.54 bits per heavy atom. The summed E-state index contributed by atoms with van der Waals surface area (Å²) >= 11 is 0. The number of amides is 9. The summed E-state index contributed by atoms with van der Waals surface area (Å²) < 4.78 is 0. The molecule has 0 unspecified atom stereocenters. The molecule has 0 aliphatic rings. The first kappa shape index (κ1) is 73.3. The largest absolute Gasteiger partial charge is 0.481 e. The Labute approximate surface area is 472 Å². The van der Waals surface area contributed by atoms with Crippen LogP contribution in [0.3, 0.4) is 0 Å². The standard InChI is InChI=1S/C56H95N9O15/c1-9-12-15-18-21-24-27-39(58-38(8)68)50(74)63-44(34-66)54(78)61-42(30-36(4)5)52(76)64-45(35-67)56(80)65(29-26-23-20-17-14-11-3)46(31-37(6)7)55(79)62-43(33-48(71)72)53(77)59-40(28-25-22-19-16-13-10-2)51(75)60-41(49(57)73)32-47(69)70/h11,27,31,36-37,40-45,66-67H,3,9-10,12-26,28-30,32-35H2,1-2,4-8H3,(H2,57,73)(H,58,68)(H,59,77)(H,60,75)(H,61,78)(H,62,79)(H,63,74)(H,64,76)(H,69,70)(H,71,72)/b39-27+,46-31+/t40-,41+,42-,43+,44+,45+/m0/s1. The van der Waals surface area contributed by atoms with Crippen LogP contribution >= 0.6 is 0 Å². The molecule has 24 heteroatoms. The number of carbonyl (C=O) groups is 11. The Morgan fingerprint density at radius 2 is 1.01 bits per heavy atom. The van der Waals surface area contributed by atoms with Crippen LogP contribution in [-0.2, 0) is 52.7 Å². The predicted molar refractivity (Wildman–Crippen MR) is 300 cm³/mol. The Morgan fingerprint density at radius 1 is 0.550 bits per heavy atom. The van der Waals surface area contributed by atoms with Crippen molar-refractivity contribution in [3.63, 3.8) is 0 Å². The van der Waals surface area contributed by atoms with E-state index >= 15 is 0 Å². The minimum atomic E-state index is -1.90. The lowest BCUT2D eigenvalue weighted by Gasteiger charge is -2.31. The molecule has 0 heterocycles. The van der Waals surface area contributed by atoms with Gasteiger partial charge in [0.25, 0.3) is 17.7 Å². The fourth-order valence-corrected chi connectivity index (χ4v) is 8.26. The monoisotopic (exact) mass is 1130 g/mol. The van der Waals surface area contributed by atoms with E-state index in [-0.39, 0.29) is 43.1 Å². The van der Waals surface area contributed by atoms with Crippen LogP contribution in [0.4, 0.5) is 0 Å². The minimum absolute atomic E-state index is 0.0319. The van der Waals surface area contributed by atoms with Crippen molar-refractivity contribution in [3.8, 4) is 0 Å². The third-order valence-electron chi connectivity index (χ3n) is 12.5. The van der Waals surface area contributed by atoms with Crippen LogP contribution in [0.1, 0.15) is 183 Å². The second kappa shape index (κ2) is 42.2. The smallest absolute Gasteiger partial charge is 0.305 e. The van der Waals surface area contributed by atoms with Gasteiger partial charge in [0.2, 0.25) is 35.4 Å². The number of allylic oxidation sites excluding steroid dienone is 3. The quantitative estimate of drug-likeness (QED) is 0.0237. The van der Waals surface area contributed by atoms with Crippen LogP contribution in [0, 0.1) is 11.8 Å². The fourth-order valence-electron chi connectivity index (χ4n) is 8.26. The van der Waals surface area contributed by atoms with E-state index in [1.807, 2.05) is 6.92 Å². The highest BCUT2D eigenvalue weighted by molar-refractivity contribution is 6.03. The second-order valence-corrected chi connectivity index (χ2v) is 20.7. The molecule has 0 aliphatic carbocycles. The lowest BCUT2D eigenvalue weighted by atomic mass is 10.0. The van der Waals surface area contributed by atoms with Crippen LogP contribution in [0.25, 0.3) is 0 Å². The number of hydrogen-bond acceptors (Lipinski definition) is 13. The van der Waals surface area contributed by atoms with Crippen LogP contribution in [0.2, 0.25) is 0 Å². The highest BCUT2D eigenvalue weighted by Gasteiger charge is 2.36. The summed E-state index contributed by atoms with van der Waals surface area (Å²) in [6.45, 7) is 13.7. The molecule has 0 aromatic rings. The molecule has 80 heavy (non-hydrogen) atoms. The molecule has 6 atom stereocenters. The van der Waals surface area contributed by atoms with Gasteiger partial charge < -0.3 is 68.3 Å². The molecule has 0 saturated heterocycles. The number of nitrogens with zero attached hydrogens (tertiary/aromatic N) is 1. The van der Waals surface area contributed by atoms with Gasteiger partial charge in [-0.15, -0.1) is 6.58 Å². The molecule has 0 saturated carbocycles. The molecule has 0 aromatic carbocycles. The van der Waals surface area contributed by atoms with Crippen molar-refractivity contribution < 1.29 is 73.2 Å². The number of aliphatic hydroxyl groups is 2. The molecule has 0 aliphatic heterocycles. The number of nitrogens with two attached hydrogens (primary N) is 1. The molecule has 0 rings (SSSR count). The normalized spacial score (nSPS) is 13.8. The van der Waals surface area contributed by atoms with Gasteiger partial charge in [-0.1, -0.05) is 137 Å². The summed E-state index contributed by atoms with van der Waals surface area (Å²) in [5, 5.41) is 57.2. The van der Waals surface area contributed by atoms with Gasteiger partial charge in [0.05, 0.1) is 26.1 Å². The van der Waals surface area contributed by atoms with Gasteiger partial charge in [0, 0.05) is 13.5 Å². The first-order valence-electron chi connectivity index (χ1n) is 28.3. The Balaban J connectivity index is 7.10. The molecule has 0 spiro atoms. The summed E-state index contributed by atoms with van der Waals surface area (Å²) in [5.41, 5.74) is 4.84. The van der Waals surface area contributed by atoms with E-state index in [9.17, 15) is 73.2 Å². The Hall–Kier alpha value is -6.69. The number of hydrogen-bond donors (Lipinski definition) is 12. The van der Waals surface area contributed by atoms with Crippen molar-refractivity contribution in [1.29, 1.82) is 0 Å². The van der Waals surface area contributed by atoms with E-state index in [0.29, 0.717) is 38.5 Å². The van der Waals surface area contributed by atoms with Gasteiger partial charge in [0.1, 0.15) is 47.6 Å². The zero-order valence-corrected chi connectivity index (χ0v) is 48.3. The van der Waals surface area contributed by atoms with Crippen LogP contribution in [0.5, 0.6) is 0 Å². The van der Waals surface area contributed by atoms with E-state index in [1.165, 1.54) is 19.1 Å². The number of carbonyl (C=O) groups excluding carboxylic acids is 9. The number of nitrogens with one attached hydrogen (secondary N) is 7. The summed E-state index contributed by atoms with van der Waals surface area (Å²) in [4.78, 5) is 147. The molecule has 13 N–H and O–H groups in total. The second-order valence-electron chi connectivity index (χ2n) is 20.7. The molecule has 454 valence electrons. The van der Waals surface area contributed by atoms with Crippen molar-refractivity contribution in [3.05, 3.63) is 36.2 Å². The summed E-state index contributed by atoms with van der Waals surface area (Å²) in [6.07, 6.45) is 15.4. The van der Waals surface area contributed by atoms with E-state index in [0.717, 1.165) is 69.1 Å². The number of aliphatic carboxylic acids is 2. The number of carboxylic acid groups (broad SMARTS) is 2. The molecule has 0 bridgehead atoms. The van der Waals surface area contributed by atoms with Crippen LogP contribution in [0.15, 0.2) is 36.2 Å². The zero-order valence-electron chi connectivity index (χ0n) is 48.3. The summed E-state index contributed by atoms with van der Waals surface area (Å²) in [7, 11) is 0. The van der Waals surface area contributed by atoms with Crippen molar-refractivity contribution in [2.75, 3.05) is 19.8 Å². The zero-order chi connectivity index (χ0) is 60.7. The first-order valence-corrected chi connectivity index (χ1v) is 28.3.